The fourth-order valence-corrected chi connectivity index (χ4v) is 3.71. The molecule has 0 aliphatic heterocycles. The Morgan fingerprint density at radius 2 is 2.00 bits per heavy atom. The molecular formula is C15H17NO2S2. The standard InChI is InChI=1S/C15H17NO2S2/c1-9(2)13-14(15(17)18)20-12(16-13)8-19-11-6-4-10(3)5-7-11/h4-7,9H,8H2,1-3H3,(H,17,18). The van der Waals surface area contributed by atoms with Crippen molar-refractivity contribution in [2.24, 2.45) is 0 Å². The molecule has 5 heteroatoms. The molecular weight excluding hydrogens is 290 g/mol. The van der Waals surface area contributed by atoms with Crippen LogP contribution >= 0.6 is 23.1 Å². The van der Waals surface area contributed by atoms with E-state index in [1.807, 2.05) is 13.8 Å². The van der Waals surface area contributed by atoms with Crippen LogP contribution in [0.5, 0.6) is 0 Å². The van der Waals surface area contributed by atoms with Gasteiger partial charge in [0.15, 0.2) is 0 Å². The molecule has 0 saturated carbocycles. The number of hydrogen-bond donors (Lipinski definition) is 1. The van der Waals surface area contributed by atoms with Crippen LogP contribution in [0.3, 0.4) is 0 Å². The average molecular weight is 307 g/mol. The van der Waals surface area contributed by atoms with Crippen LogP contribution in [0.4, 0.5) is 0 Å². The van der Waals surface area contributed by atoms with Crippen molar-refractivity contribution in [2.45, 2.75) is 37.3 Å². The van der Waals surface area contributed by atoms with Gasteiger partial charge >= 0.3 is 5.97 Å². The van der Waals surface area contributed by atoms with Crippen LogP contribution in [-0.4, -0.2) is 16.1 Å². The number of benzene rings is 1. The Kier molecular flexibility index (Phi) is 4.83. The summed E-state index contributed by atoms with van der Waals surface area (Å²) < 4.78 is 0. The molecule has 106 valence electrons. The summed E-state index contributed by atoms with van der Waals surface area (Å²) in [5.74, 6) is -0.0333. The lowest BCUT2D eigenvalue weighted by molar-refractivity contribution is 0.0700. The molecule has 0 bridgehead atoms. The van der Waals surface area contributed by atoms with Crippen molar-refractivity contribution < 1.29 is 9.90 Å². The Morgan fingerprint density at radius 3 is 2.50 bits per heavy atom. The molecule has 0 atom stereocenters. The monoisotopic (exact) mass is 307 g/mol. The number of thioether (sulfide) groups is 1. The van der Waals surface area contributed by atoms with E-state index in [0.717, 1.165) is 5.01 Å². The normalized spacial score (nSPS) is 11.0. The minimum absolute atomic E-state index is 0.135. The van der Waals surface area contributed by atoms with Crippen molar-refractivity contribution in [1.29, 1.82) is 0 Å². The van der Waals surface area contributed by atoms with E-state index in [1.54, 1.807) is 11.8 Å². The van der Waals surface area contributed by atoms with Crippen LogP contribution in [0.2, 0.25) is 0 Å². The highest BCUT2D eigenvalue weighted by molar-refractivity contribution is 7.98. The molecule has 0 unspecified atom stereocenters. The molecule has 20 heavy (non-hydrogen) atoms. The zero-order valence-corrected chi connectivity index (χ0v) is 13.3. The molecule has 0 aliphatic carbocycles. The molecule has 0 fully saturated rings. The first-order chi connectivity index (χ1) is 9.47. The number of carboxylic acids is 1. The van der Waals surface area contributed by atoms with Gasteiger partial charge in [-0.15, -0.1) is 23.1 Å². The largest absolute Gasteiger partial charge is 0.477 e. The van der Waals surface area contributed by atoms with Crippen molar-refractivity contribution >= 4 is 29.1 Å². The molecule has 3 nitrogen and oxygen atoms in total. The van der Waals surface area contributed by atoms with Crippen molar-refractivity contribution in [3.63, 3.8) is 0 Å². The van der Waals surface area contributed by atoms with Crippen molar-refractivity contribution in [3.8, 4) is 0 Å². The zero-order valence-electron chi connectivity index (χ0n) is 11.7. The Labute approximate surface area is 127 Å². The Morgan fingerprint density at radius 1 is 1.35 bits per heavy atom. The van der Waals surface area contributed by atoms with Crippen molar-refractivity contribution in [2.75, 3.05) is 0 Å². The molecule has 0 amide bonds. The van der Waals surface area contributed by atoms with Gasteiger partial charge in [-0.25, -0.2) is 9.78 Å². The molecule has 2 rings (SSSR count). The summed E-state index contributed by atoms with van der Waals surface area (Å²) >= 11 is 2.97. The number of hydrogen-bond acceptors (Lipinski definition) is 4. The summed E-state index contributed by atoms with van der Waals surface area (Å²) in [6, 6.07) is 8.31. The number of nitrogens with zero attached hydrogens (tertiary/aromatic N) is 1. The lowest BCUT2D eigenvalue weighted by Crippen LogP contribution is -2.00. The molecule has 2 aromatic rings. The smallest absolute Gasteiger partial charge is 0.347 e. The second-order valence-corrected chi connectivity index (χ2v) is 7.02. The Balaban J connectivity index is 2.12. The number of aromatic carboxylic acids is 1. The third kappa shape index (κ3) is 3.61. The maximum absolute atomic E-state index is 11.2. The van der Waals surface area contributed by atoms with Gasteiger partial charge < -0.3 is 5.11 Å². The van der Waals surface area contributed by atoms with E-state index >= 15 is 0 Å². The van der Waals surface area contributed by atoms with Gasteiger partial charge in [0, 0.05) is 4.90 Å². The van der Waals surface area contributed by atoms with Gasteiger partial charge in [0.2, 0.25) is 0 Å². The van der Waals surface area contributed by atoms with E-state index < -0.39 is 5.97 Å². The van der Waals surface area contributed by atoms with Gasteiger partial charge in [-0.1, -0.05) is 31.5 Å². The minimum atomic E-state index is -0.877. The van der Waals surface area contributed by atoms with E-state index in [-0.39, 0.29) is 5.92 Å². The van der Waals surface area contributed by atoms with E-state index in [9.17, 15) is 9.90 Å². The number of aryl methyl sites for hydroxylation is 1. The predicted molar refractivity (Wildman–Crippen MR) is 83.9 cm³/mol. The quantitative estimate of drug-likeness (QED) is 0.822. The van der Waals surface area contributed by atoms with E-state index in [4.69, 9.17) is 0 Å². The molecule has 0 radical (unpaired) electrons. The molecule has 1 aromatic carbocycles. The highest BCUT2D eigenvalue weighted by Crippen LogP contribution is 2.30. The van der Waals surface area contributed by atoms with Crippen LogP contribution in [-0.2, 0) is 5.75 Å². The maximum Gasteiger partial charge on any atom is 0.347 e. The Bertz CT molecular complexity index is 603. The van der Waals surface area contributed by atoms with E-state index in [2.05, 4.69) is 36.2 Å². The average Bonchev–Trinajstić information content (AvgIpc) is 2.83. The first kappa shape index (κ1) is 15.1. The number of thiazole rings is 1. The fourth-order valence-electron chi connectivity index (χ4n) is 1.76. The van der Waals surface area contributed by atoms with Gasteiger partial charge in [-0.3, -0.25) is 0 Å². The van der Waals surface area contributed by atoms with Crippen molar-refractivity contribution in [1.82, 2.24) is 4.98 Å². The van der Waals surface area contributed by atoms with Gasteiger partial charge in [-0.05, 0) is 25.0 Å². The summed E-state index contributed by atoms with van der Waals surface area (Å²) in [5.41, 5.74) is 1.93. The van der Waals surface area contributed by atoms with E-state index in [1.165, 1.54) is 21.8 Å². The molecule has 0 saturated heterocycles. The summed E-state index contributed by atoms with van der Waals surface area (Å²) in [4.78, 5) is 17.2. The van der Waals surface area contributed by atoms with Gasteiger partial charge in [0.05, 0.1) is 11.4 Å². The molecule has 1 aromatic heterocycles. The first-order valence-corrected chi connectivity index (χ1v) is 8.20. The first-order valence-electron chi connectivity index (χ1n) is 6.39. The number of carbonyl (C=O) groups is 1. The predicted octanol–water partition coefficient (Wildman–Crippen LogP) is 4.57. The second-order valence-electron chi connectivity index (χ2n) is 4.88. The van der Waals surface area contributed by atoms with Gasteiger partial charge in [0.1, 0.15) is 9.88 Å². The minimum Gasteiger partial charge on any atom is -0.477 e. The molecule has 0 aliphatic rings. The van der Waals surface area contributed by atoms with E-state index in [0.29, 0.717) is 16.3 Å². The number of rotatable bonds is 5. The lowest BCUT2D eigenvalue weighted by Gasteiger charge is -2.01. The third-order valence-electron chi connectivity index (χ3n) is 2.82. The molecule has 1 heterocycles. The van der Waals surface area contributed by atoms with Crippen LogP contribution in [0.1, 0.15) is 45.7 Å². The van der Waals surface area contributed by atoms with Crippen LogP contribution < -0.4 is 0 Å². The number of aromatic nitrogens is 1. The van der Waals surface area contributed by atoms with Gasteiger partial charge in [0.25, 0.3) is 0 Å². The summed E-state index contributed by atoms with van der Waals surface area (Å²) in [6.07, 6.45) is 0. The maximum atomic E-state index is 11.2. The molecule has 0 spiro atoms. The molecule has 1 N–H and O–H groups in total. The van der Waals surface area contributed by atoms with Crippen LogP contribution in [0.15, 0.2) is 29.2 Å². The fraction of sp³-hybridized carbons (Fsp3) is 0.333. The summed E-state index contributed by atoms with van der Waals surface area (Å²) in [7, 11) is 0. The Hall–Kier alpha value is -1.33. The zero-order chi connectivity index (χ0) is 14.7. The summed E-state index contributed by atoms with van der Waals surface area (Å²) in [6.45, 7) is 6.00. The third-order valence-corrected chi connectivity index (χ3v) is 5.09. The lowest BCUT2D eigenvalue weighted by atomic mass is 10.1. The van der Waals surface area contributed by atoms with Crippen LogP contribution in [0.25, 0.3) is 0 Å². The highest BCUT2D eigenvalue weighted by atomic mass is 32.2. The van der Waals surface area contributed by atoms with Crippen LogP contribution in [0, 0.1) is 6.92 Å². The van der Waals surface area contributed by atoms with Crippen molar-refractivity contribution in [3.05, 3.63) is 45.4 Å². The summed E-state index contributed by atoms with van der Waals surface area (Å²) in [5, 5.41) is 10.1. The number of carboxylic acid groups (broad SMARTS) is 1. The second kappa shape index (κ2) is 6.41. The highest BCUT2D eigenvalue weighted by Gasteiger charge is 2.19. The topological polar surface area (TPSA) is 50.2 Å². The SMILES string of the molecule is Cc1ccc(SCc2nc(C(C)C)c(C(=O)O)s2)cc1. The van der Waals surface area contributed by atoms with Gasteiger partial charge in [-0.2, -0.15) is 0 Å².